The number of esters is 1. The van der Waals surface area contributed by atoms with Crippen molar-refractivity contribution in [3.63, 3.8) is 0 Å². The van der Waals surface area contributed by atoms with Gasteiger partial charge in [-0.1, -0.05) is 17.7 Å². The molecule has 3 rings (SSSR count). The van der Waals surface area contributed by atoms with E-state index in [0.717, 1.165) is 27.0 Å². The van der Waals surface area contributed by atoms with Gasteiger partial charge in [-0.15, -0.1) is 11.3 Å². The fourth-order valence-electron chi connectivity index (χ4n) is 3.21. The molecule has 0 aliphatic heterocycles. The van der Waals surface area contributed by atoms with Gasteiger partial charge in [0, 0.05) is 31.0 Å². The molecule has 2 N–H and O–H groups in total. The number of ether oxygens (including phenoxy) is 2. The first kappa shape index (κ1) is 21.1. The van der Waals surface area contributed by atoms with Crippen LogP contribution < -0.4 is 5.32 Å². The lowest BCUT2D eigenvalue weighted by Crippen LogP contribution is -2.37. The number of aromatic amines is 1. The predicted molar refractivity (Wildman–Crippen MR) is 115 cm³/mol. The second-order valence-corrected chi connectivity index (χ2v) is 7.87. The van der Waals surface area contributed by atoms with Gasteiger partial charge >= 0.3 is 5.97 Å². The zero-order chi connectivity index (χ0) is 20.8. The first-order valence-corrected chi connectivity index (χ1v) is 10.5. The number of fused-ring (bicyclic) bond motifs is 1. The number of hydrogen-bond acceptors (Lipinski definition) is 5. The summed E-state index contributed by atoms with van der Waals surface area (Å²) in [6.45, 7) is 4.43. The van der Waals surface area contributed by atoms with Crippen LogP contribution in [0.15, 0.2) is 35.7 Å². The van der Waals surface area contributed by atoms with Crippen molar-refractivity contribution in [3.05, 3.63) is 46.8 Å². The molecule has 1 atom stereocenters. The molecule has 154 valence electrons. The lowest BCUT2D eigenvalue weighted by molar-refractivity contribution is -0.154. The van der Waals surface area contributed by atoms with Gasteiger partial charge in [0.25, 0.3) is 5.91 Å². The van der Waals surface area contributed by atoms with Crippen molar-refractivity contribution in [3.8, 4) is 10.6 Å². The van der Waals surface area contributed by atoms with E-state index >= 15 is 0 Å². The highest BCUT2D eigenvalue weighted by atomic mass is 32.1. The second-order valence-electron chi connectivity index (χ2n) is 6.92. The number of carbonyl (C=O) groups is 2. The number of amides is 1. The molecule has 2 heterocycles. The van der Waals surface area contributed by atoms with E-state index in [9.17, 15) is 9.59 Å². The maximum atomic E-state index is 12.3. The Labute approximate surface area is 174 Å². The van der Waals surface area contributed by atoms with Crippen molar-refractivity contribution in [2.24, 2.45) is 0 Å². The maximum absolute atomic E-state index is 12.3. The number of thiophene rings is 1. The first-order valence-electron chi connectivity index (χ1n) is 9.60. The Morgan fingerprint density at radius 3 is 2.83 bits per heavy atom. The molecule has 0 saturated heterocycles. The SMILES string of the molecule is COCCNC(=O)[C@H](C)OC(=O)CCc1c(-c2cccs2)[nH]c2ccc(C)cc12. The predicted octanol–water partition coefficient (Wildman–Crippen LogP) is 3.83. The number of carbonyl (C=O) groups excluding carboxylic acids is 2. The molecule has 1 aromatic carbocycles. The fraction of sp³-hybridized carbons (Fsp3) is 0.364. The highest BCUT2D eigenvalue weighted by molar-refractivity contribution is 7.13. The van der Waals surface area contributed by atoms with Crippen LogP contribution in [0.1, 0.15) is 24.5 Å². The largest absolute Gasteiger partial charge is 0.453 e. The zero-order valence-electron chi connectivity index (χ0n) is 16.9. The van der Waals surface area contributed by atoms with Gasteiger partial charge < -0.3 is 19.8 Å². The summed E-state index contributed by atoms with van der Waals surface area (Å²) in [6.07, 6.45) is -0.0935. The Morgan fingerprint density at radius 2 is 2.10 bits per heavy atom. The Bertz CT molecular complexity index is 978. The summed E-state index contributed by atoms with van der Waals surface area (Å²) in [4.78, 5) is 28.9. The van der Waals surface area contributed by atoms with Crippen LogP contribution in [0.25, 0.3) is 21.5 Å². The molecule has 1 amide bonds. The number of hydrogen-bond donors (Lipinski definition) is 2. The molecule has 7 heteroatoms. The van der Waals surface area contributed by atoms with E-state index < -0.39 is 12.1 Å². The summed E-state index contributed by atoms with van der Waals surface area (Å²) in [5.74, 6) is -0.712. The molecule has 0 radical (unpaired) electrons. The lowest BCUT2D eigenvalue weighted by atomic mass is 10.0. The average Bonchev–Trinajstić information content (AvgIpc) is 3.34. The maximum Gasteiger partial charge on any atom is 0.306 e. The minimum absolute atomic E-state index is 0.203. The van der Waals surface area contributed by atoms with Crippen molar-refractivity contribution in [2.45, 2.75) is 32.8 Å². The Balaban J connectivity index is 1.70. The smallest absolute Gasteiger partial charge is 0.306 e. The van der Waals surface area contributed by atoms with Gasteiger partial charge in [-0.25, -0.2) is 0 Å². The molecular weight excluding hydrogens is 388 g/mol. The molecule has 0 spiro atoms. The summed E-state index contributed by atoms with van der Waals surface area (Å²) < 4.78 is 10.2. The highest BCUT2D eigenvalue weighted by Gasteiger charge is 2.19. The van der Waals surface area contributed by atoms with Crippen LogP contribution in [-0.4, -0.2) is 43.2 Å². The summed E-state index contributed by atoms with van der Waals surface area (Å²) >= 11 is 1.66. The average molecular weight is 415 g/mol. The standard InChI is InChI=1S/C22H26N2O4S/c1-14-6-8-18-17(13-14)16(21(24-18)19-5-4-12-29-19)7-9-20(25)28-15(2)22(26)23-10-11-27-3/h4-6,8,12-13,15,24H,7,9-11H2,1-3H3,(H,23,26)/t15-/m0/s1. The molecule has 0 fully saturated rings. The summed E-state index contributed by atoms with van der Waals surface area (Å²) in [6, 6.07) is 10.3. The Kier molecular flexibility index (Phi) is 7.06. The zero-order valence-corrected chi connectivity index (χ0v) is 17.7. The van der Waals surface area contributed by atoms with Crippen LogP contribution in [0.5, 0.6) is 0 Å². The quantitative estimate of drug-likeness (QED) is 0.412. The second kappa shape index (κ2) is 9.71. The minimum atomic E-state index is -0.832. The molecule has 29 heavy (non-hydrogen) atoms. The van der Waals surface area contributed by atoms with Gasteiger partial charge in [-0.3, -0.25) is 9.59 Å². The third kappa shape index (κ3) is 5.25. The van der Waals surface area contributed by atoms with Gasteiger partial charge in [0.15, 0.2) is 6.10 Å². The van der Waals surface area contributed by atoms with E-state index in [1.54, 1.807) is 25.4 Å². The van der Waals surface area contributed by atoms with Crippen LogP contribution >= 0.6 is 11.3 Å². The van der Waals surface area contributed by atoms with E-state index in [2.05, 4.69) is 41.5 Å². The number of methoxy groups -OCH3 is 1. The molecule has 3 aromatic rings. The third-order valence-electron chi connectivity index (χ3n) is 4.69. The molecule has 0 aliphatic carbocycles. The lowest BCUT2D eigenvalue weighted by Gasteiger charge is -2.13. The Hall–Kier alpha value is -2.64. The number of H-pyrrole nitrogens is 1. The number of aryl methyl sites for hydroxylation is 2. The van der Waals surface area contributed by atoms with Gasteiger partial charge in [-0.2, -0.15) is 0 Å². The molecule has 0 aliphatic rings. The van der Waals surface area contributed by atoms with Crippen molar-refractivity contribution < 1.29 is 19.1 Å². The molecule has 6 nitrogen and oxygen atoms in total. The van der Waals surface area contributed by atoms with Crippen molar-refractivity contribution in [1.82, 2.24) is 10.3 Å². The van der Waals surface area contributed by atoms with Crippen molar-refractivity contribution in [1.29, 1.82) is 0 Å². The van der Waals surface area contributed by atoms with Crippen LogP contribution in [0.2, 0.25) is 0 Å². The Morgan fingerprint density at radius 1 is 1.28 bits per heavy atom. The van der Waals surface area contributed by atoms with Crippen molar-refractivity contribution in [2.75, 3.05) is 20.3 Å². The minimum Gasteiger partial charge on any atom is -0.453 e. The van der Waals surface area contributed by atoms with Crippen molar-refractivity contribution >= 4 is 34.1 Å². The molecule has 2 aromatic heterocycles. The fourth-order valence-corrected chi connectivity index (χ4v) is 3.96. The van der Waals surface area contributed by atoms with Gasteiger partial charge in [-0.05, 0) is 49.4 Å². The van der Waals surface area contributed by atoms with E-state index in [4.69, 9.17) is 9.47 Å². The van der Waals surface area contributed by atoms with E-state index in [0.29, 0.717) is 19.6 Å². The number of rotatable bonds is 9. The molecule has 0 unspecified atom stereocenters. The summed E-state index contributed by atoms with van der Waals surface area (Å²) in [5.41, 5.74) is 4.35. The summed E-state index contributed by atoms with van der Waals surface area (Å²) in [7, 11) is 1.56. The first-order chi connectivity index (χ1) is 14.0. The van der Waals surface area contributed by atoms with E-state index in [-0.39, 0.29) is 12.3 Å². The molecule has 0 saturated carbocycles. The van der Waals surface area contributed by atoms with Gasteiger partial charge in [0.2, 0.25) is 0 Å². The van der Waals surface area contributed by atoms with Crippen LogP contribution in [0, 0.1) is 6.92 Å². The number of nitrogens with one attached hydrogen (secondary N) is 2. The van der Waals surface area contributed by atoms with Crippen LogP contribution in [0.3, 0.4) is 0 Å². The number of benzene rings is 1. The van der Waals surface area contributed by atoms with E-state index in [1.165, 1.54) is 5.56 Å². The van der Waals surface area contributed by atoms with Gasteiger partial charge in [0.1, 0.15) is 0 Å². The number of aromatic nitrogens is 1. The van der Waals surface area contributed by atoms with Gasteiger partial charge in [0.05, 0.1) is 17.2 Å². The summed E-state index contributed by atoms with van der Waals surface area (Å²) in [5, 5.41) is 5.82. The van der Waals surface area contributed by atoms with Crippen LogP contribution in [0.4, 0.5) is 0 Å². The molecular formula is C22H26N2O4S. The highest BCUT2D eigenvalue weighted by Crippen LogP contribution is 2.34. The normalized spacial score (nSPS) is 12.1. The van der Waals surface area contributed by atoms with Crippen LogP contribution in [-0.2, 0) is 25.5 Å². The van der Waals surface area contributed by atoms with E-state index in [1.807, 2.05) is 11.4 Å². The monoisotopic (exact) mass is 414 g/mol. The molecule has 0 bridgehead atoms. The topological polar surface area (TPSA) is 80.4 Å². The third-order valence-corrected chi connectivity index (χ3v) is 5.58.